The van der Waals surface area contributed by atoms with Crippen molar-refractivity contribution in [1.82, 2.24) is 14.9 Å². The van der Waals surface area contributed by atoms with Gasteiger partial charge in [0.25, 0.3) is 0 Å². The van der Waals surface area contributed by atoms with Crippen LogP contribution in [0.2, 0.25) is 0 Å². The van der Waals surface area contributed by atoms with Gasteiger partial charge in [-0.15, -0.1) is 0 Å². The molecule has 3 N–H and O–H groups in total. The quantitative estimate of drug-likeness (QED) is 0.725. The summed E-state index contributed by atoms with van der Waals surface area (Å²) in [6.07, 6.45) is 1.74. The van der Waals surface area contributed by atoms with E-state index in [1.165, 1.54) is 5.69 Å². The van der Waals surface area contributed by atoms with Crippen molar-refractivity contribution in [3.05, 3.63) is 24.4 Å². The van der Waals surface area contributed by atoms with Crippen molar-refractivity contribution >= 4 is 28.8 Å². The van der Waals surface area contributed by atoms with Crippen molar-refractivity contribution in [1.29, 1.82) is 0 Å². The second kappa shape index (κ2) is 8.09. The Bertz CT molecular complexity index is 744. The van der Waals surface area contributed by atoms with Crippen LogP contribution >= 0.6 is 0 Å². The van der Waals surface area contributed by atoms with Gasteiger partial charge in [-0.25, -0.2) is 4.98 Å². The van der Waals surface area contributed by atoms with Crippen LogP contribution in [0.1, 0.15) is 0 Å². The summed E-state index contributed by atoms with van der Waals surface area (Å²) < 4.78 is 5.59. The highest BCUT2D eigenvalue weighted by atomic mass is 16.5. The highest BCUT2D eigenvalue weighted by Crippen LogP contribution is 2.32. The Kier molecular flexibility index (Phi) is 5.62. The number of anilines is 5. The molecule has 0 spiro atoms. The van der Waals surface area contributed by atoms with Crippen LogP contribution in [0.15, 0.2) is 24.4 Å². The number of ether oxygens (including phenoxy) is 1. The molecule has 26 heavy (non-hydrogen) atoms. The molecule has 1 saturated heterocycles. The minimum atomic E-state index is 0.513. The Labute approximate surface area is 154 Å². The van der Waals surface area contributed by atoms with Gasteiger partial charge in [-0.1, -0.05) is 0 Å². The van der Waals surface area contributed by atoms with E-state index < -0.39 is 0 Å². The van der Waals surface area contributed by atoms with E-state index in [2.05, 4.69) is 54.9 Å². The maximum Gasteiger partial charge on any atom is 0.229 e. The van der Waals surface area contributed by atoms with Gasteiger partial charge in [0.1, 0.15) is 5.75 Å². The van der Waals surface area contributed by atoms with Gasteiger partial charge in [-0.05, 0) is 19.2 Å². The molecule has 8 heteroatoms. The summed E-state index contributed by atoms with van der Waals surface area (Å²) in [6, 6.07) is 6.19. The number of rotatable bonds is 6. The van der Waals surface area contributed by atoms with Gasteiger partial charge in [0.05, 0.1) is 24.7 Å². The monoisotopic (exact) mass is 357 g/mol. The predicted molar refractivity (Wildman–Crippen MR) is 107 cm³/mol. The first-order chi connectivity index (χ1) is 12.6. The summed E-state index contributed by atoms with van der Waals surface area (Å²) in [5.74, 6) is 2.02. The molecule has 3 rings (SSSR count). The van der Waals surface area contributed by atoms with E-state index in [4.69, 9.17) is 4.74 Å². The summed E-state index contributed by atoms with van der Waals surface area (Å²) in [4.78, 5) is 13.6. The summed E-state index contributed by atoms with van der Waals surface area (Å²) in [5, 5.41) is 9.36. The van der Waals surface area contributed by atoms with Crippen molar-refractivity contribution in [2.75, 3.05) is 75.3 Å². The van der Waals surface area contributed by atoms with E-state index in [0.717, 1.165) is 49.1 Å². The Morgan fingerprint density at radius 2 is 1.81 bits per heavy atom. The standard InChI is InChI=1S/C18H27N7O/c1-19-15-12-21-18(23-17(15)20-2)22-14-6-5-13(11-16(14)26-4)25-9-7-24(3)8-10-25/h5-6,11-12,19H,7-10H2,1-4H3,(H2,20,21,22,23). The van der Waals surface area contributed by atoms with Gasteiger partial charge in [-0.2, -0.15) is 4.98 Å². The van der Waals surface area contributed by atoms with E-state index in [9.17, 15) is 0 Å². The van der Waals surface area contributed by atoms with Crippen LogP contribution in [0.25, 0.3) is 0 Å². The molecular formula is C18H27N7O. The van der Waals surface area contributed by atoms with Crippen LogP contribution in [0.4, 0.5) is 28.8 Å². The highest BCUT2D eigenvalue weighted by molar-refractivity contribution is 5.70. The van der Waals surface area contributed by atoms with E-state index in [1.54, 1.807) is 13.3 Å². The fourth-order valence-electron chi connectivity index (χ4n) is 2.98. The molecule has 0 bridgehead atoms. The molecule has 2 aromatic rings. The van der Waals surface area contributed by atoms with Crippen LogP contribution in [-0.2, 0) is 0 Å². The summed E-state index contributed by atoms with van der Waals surface area (Å²) in [5.41, 5.74) is 2.85. The minimum absolute atomic E-state index is 0.513. The Hall–Kier alpha value is -2.74. The molecule has 1 aromatic carbocycles. The van der Waals surface area contributed by atoms with Crippen LogP contribution < -0.4 is 25.6 Å². The van der Waals surface area contributed by atoms with Gasteiger partial charge in [0, 0.05) is 52.0 Å². The molecular weight excluding hydrogens is 330 g/mol. The smallest absolute Gasteiger partial charge is 0.229 e. The largest absolute Gasteiger partial charge is 0.494 e. The molecule has 1 aliphatic rings. The molecule has 0 aliphatic carbocycles. The summed E-state index contributed by atoms with van der Waals surface area (Å²) in [7, 11) is 7.51. The number of nitrogens with one attached hydrogen (secondary N) is 3. The van der Waals surface area contributed by atoms with Gasteiger partial charge in [0.2, 0.25) is 5.95 Å². The third-order valence-corrected chi connectivity index (χ3v) is 4.59. The molecule has 8 nitrogen and oxygen atoms in total. The van der Waals surface area contributed by atoms with Crippen LogP contribution in [0.3, 0.4) is 0 Å². The number of hydrogen-bond acceptors (Lipinski definition) is 8. The zero-order chi connectivity index (χ0) is 18.5. The van der Waals surface area contributed by atoms with Crippen molar-refractivity contribution < 1.29 is 4.74 Å². The molecule has 0 saturated carbocycles. The normalized spacial score (nSPS) is 14.8. The first-order valence-corrected chi connectivity index (χ1v) is 8.75. The van der Waals surface area contributed by atoms with Crippen molar-refractivity contribution in [2.24, 2.45) is 0 Å². The maximum atomic E-state index is 5.59. The first kappa shape index (κ1) is 18.1. The summed E-state index contributed by atoms with van der Waals surface area (Å²) >= 11 is 0. The number of aromatic nitrogens is 2. The lowest BCUT2D eigenvalue weighted by Crippen LogP contribution is -2.44. The second-order valence-electron chi connectivity index (χ2n) is 6.26. The molecule has 2 heterocycles. The SMILES string of the molecule is CNc1cnc(Nc2ccc(N3CCN(C)CC3)cc2OC)nc1NC. The predicted octanol–water partition coefficient (Wildman–Crippen LogP) is 2.06. The number of hydrogen-bond donors (Lipinski definition) is 3. The second-order valence-corrected chi connectivity index (χ2v) is 6.26. The first-order valence-electron chi connectivity index (χ1n) is 8.75. The zero-order valence-electron chi connectivity index (χ0n) is 15.8. The van der Waals surface area contributed by atoms with E-state index in [0.29, 0.717) is 5.95 Å². The van der Waals surface area contributed by atoms with Gasteiger partial charge >= 0.3 is 0 Å². The van der Waals surface area contributed by atoms with E-state index in [-0.39, 0.29) is 0 Å². The van der Waals surface area contributed by atoms with Crippen LogP contribution in [0, 0.1) is 0 Å². The maximum absolute atomic E-state index is 5.59. The lowest BCUT2D eigenvalue weighted by Gasteiger charge is -2.34. The van der Waals surface area contributed by atoms with Gasteiger partial charge in [0.15, 0.2) is 5.82 Å². The van der Waals surface area contributed by atoms with E-state index >= 15 is 0 Å². The van der Waals surface area contributed by atoms with Crippen LogP contribution in [0.5, 0.6) is 5.75 Å². The van der Waals surface area contributed by atoms with E-state index in [1.807, 2.05) is 20.2 Å². The average Bonchev–Trinajstić information content (AvgIpc) is 2.68. The Balaban J connectivity index is 1.80. The number of methoxy groups -OCH3 is 1. The van der Waals surface area contributed by atoms with Gasteiger partial charge < -0.3 is 30.5 Å². The summed E-state index contributed by atoms with van der Waals surface area (Å²) in [6.45, 7) is 4.18. The van der Waals surface area contributed by atoms with Crippen molar-refractivity contribution in [3.8, 4) is 5.75 Å². The van der Waals surface area contributed by atoms with Crippen molar-refractivity contribution in [2.45, 2.75) is 0 Å². The lowest BCUT2D eigenvalue weighted by molar-refractivity contribution is 0.312. The average molecular weight is 357 g/mol. The number of benzene rings is 1. The molecule has 0 unspecified atom stereocenters. The molecule has 0 atom stereocenters. The van der Waals surface area contributed by atoms with Crippen molar-refractivity contribution in [3.63, 3.8) is 0 Å². The number of likely N-dealkylation sites (N-methyl/N-ethyl adjacent to an activating group) is 1. The molecule has 140 valence electrons. The molecule has 0 radical (unpaired) electrons. The Morgan fingerprint density at radius 1 is 1.04 bits per heavy atom. The van der Waals surface area contributed by atoms with Gasteiger partial charge in [-0.3, -0.25) is 0 Å². The number of nitrogens with zero attached hydrogens (tertiary/aromatic N) is 4. The molecule has 0 amide bonds. The lowest BCUT2D eigenvalue weighted by atomic mass is 10.2. The fraction of sp³-hybridized carbons (Fsp3) is 0.444. The minimum Gasteiger partial charge on any atom is -0.494 e. The number of piperazine rings is 1. The third kappa shape index (κ3) is 3.91. The molecule has 1 fully saturated rings. The highest BCUT2D eigenvalue weighted by Gasteiger charge is 2.16. The molecule has 1 aromatic heterocycles. The topological polar surface area (TPSA) is 77.6 Å². The molecule has 1 aliphatic heterocycles. The van der Waals surface area contributed by atoms with Crippen LogP contribution in [-0.4, -0.2) is 69.3 Å². The zero-order valence-corrected chi connectivity index (χ0v) is 15.8. The third-order valence-electron chi connectivity index (χ3n) is 4.59. The Morgan fingerprint density at radius 3 is 2.46 bits per heavy atom. The fourth-order valence-corrected chi connectivity index (χ4v) is 2.98.